The highest BCUT2D eigenvalue weighted by Gasteiger charge is 2.34. The maximum absolute atomic E-state index is 13.9. The number of rotatable bonds is 11. The molecular formula is C32H40N2O2S. The number of hydrogen-bond donors (Lipinski definition) is 0. The van der Waals surface area contributed by atoms with Gasteiger partial charge in [0.05, 0.1) is 6.04 Å². The summed E-state index contributed by atoms with van der Waals surface area (Å²) in [4.78, 5) is 32.5. The molecule has 4 rings (SSSR count). The van der Waals surface area contributed by atoms with Crippen molar-refractivity contribution >= 4 is 23.2 Å². The number of carbonyl (C=O) groups is 2. The van der Waals surface area contributed by atoms with Crippen molar-refractivity contribution in [2.24, 2.45) is 0 Å². The third kappa shape index (κ3) is 6.51. The summed E-state index contributed by atoms with van der Waals surface area (Å²) in [7, 11) is 0. The highest BCUT2D eigenvalue weighted by Crippen LogP contribution is 2.39. The number of benzene rings is 2. The minimum atomic E-state index is -0.103. The molecule has 37 heavy (non-hydrogen) atoms. The molecule has 0 N–H and O–H groups in total. The van der Waals surface area contributed by atoms with Gasteiger partial charge in [-0.25, -0.2) is 0 Å². The zero-order valence-electron chi connectivity index (χ0n) is 22.5. The van der Waals surface area contributed by atoms with Crippen LogP contribution in [0.15, 0.2) is 60.0 Å². The average molecular weight is 517 g/mol. The van der Waals surface area contributed by atoms with Crippen LogP contribution in [0.3, 0.4) is 0 Å². The van der Waals surface area contributed by atoms with Crippen LogP contribution < -0.4 is 0 Å². The molecule has 1 aromatic heterocycles. The van der Waals surface area contributed by atoms with E-state index in [1.807, 2.05) is 23.1 Å². The highest BCUT2D eigenvalue weighted by atomic mass is 32.1. The van der Waals surface area contributed by atoms with Crippen LogP contribution in [0.4, 0.5) is 0 Å². The van der Waals surface area contributed by atoms with Gasteiger partial charge < -0.3 is 9.80 Å². The largest absolute Gasteiger partial charge is 0.330 e. The normalized spacial score (nSPS) is 14.9. The van der Waals surface area contributed by atoms with Gasteiger partial charge in [0.1, 0.15) is 6.54 Å². The van der Waals surface area contributed by atoms with E-state index in [1.165, 1.54) is 46.4 Å². The Bertz CT molecular complexity index is 1180. The molecule has 196 valence electrons. The lowest BCUT2D eigenvalue weighted by Crippen LogP contribution is -2.47. The van der Waals surface area contributed by atoms with E-state index in [2.05, 4.69) is 62.5 Å². The molecule has 1 atom stereocenters. The van der Waals surface area contributed by atoms with Crippen molar-refractivity contribution in [2.75, 3.05) is 19.6 Å². The lowest BCUT2D eigenvalue weighted by molar-refractivity contribution is -0.134. The molecule has 2 aromatic carbocycles. The molecule has 2 amide bonds. The van der Waals surface area contributed by atoms with Crippen molar-refractivity contribution in [1.82, 2.24) is 9.80 Å². The number of hydrogen-bond acceptors (Lipinski definition) is 3. The monoisotopic (exact) mass is 516 g/mol. The van der Waals surface area contributed by atoms with Crippen LogP contribution in [0.25, 0.3) is 0 Å². The van der Waals surface area contributed by atoms with Crippen LogP contribution in [-0.4, -0.2) is 41.2 Å². The van der Waals surface area contributed by atoms with Crippen LogP contribution in [-0.2, 0) is 17.6 Å². The zero-order chi connectivity index (χ0) is 26.2. The summed E-state index contributed by atoms with van der Waals surface area (Å²) in [5, 5.41) is 2.13. The standard InChI is InChI=1S/C32H40N2O2S/c1-4-6-8-12-25-14-16-26(17-15-25)32(36)33(20-7-5-2)23-30(35)34-21-18-29-28(19-22-37-29)31(34)27-13-10-9-11-24(27)3/h9-11,13-17,19,22,31H,4-8,12,18,20-21,23H2,1-3H3/t31-/m1/s1. The van der Waals surface area contributed by atoms with Crippen LogP contribution in [0, 0.1) is 6.92 Å². The highest BCUT2D eigenvalue weighted by molar-refractivity contribution is 7.10. The second-order valence-corrected chi connectivity index (χ2v) is 11.1. The van der Waals surface area contributed by atoms with Crippen molar-refractivity contribution in [2.45, 2.75) is 71.8 Å². The van der Waals surface area contributed by atoms with Gasteiger partial charge in [-0.05, 0) is 78.4 Å². The van der Waals surface area contributed by atoms with E-state index < -0.39 is 0 Å². The molecular weight excluding hydrogens is 476 g/mol. The molecule has 1 aliphatic rings. The van der Waals surface area contributed by atoms with Crippen molar-refractivity contribution < 1.29 is 9.59 Å². The number of carbonyl (C=O) groups excluding carboxylic acids is 2. The Labute approximate surface area is 226 Å². The number of thiophene rings is 1. The molecule has 0 spiro atoms. The van der Waals surface area contributed by atoms with E-state index in [9.17, 15) is 9.59 Å². The first-order valence-electron chi connectivity index (χ1n) is 13.8. The Morgan fingerprint density at radius 3 is 2.43 bits per heavy atom. The maximum Gasteiger partial charge on any atom is 0.254 e. The van der Waals surface area contributed by atoms with E-state index in [1.54, 1.807) is 16.2 Å². The van der Waals surface area contributed by atoms with Crippen LogP contribution >= 0.6 is 11.3 Å². The third-order valence-electron chi connectivity index (χ3n) is 7.43. The molecule has 0 bridgehead atoms. The minimum absolute atomic E-state index is 0.0192. The van der Waals surface area contributed by atoms with Crippen molar-refractivity contribution in [3.63, 3.8) is 0 Å². The molecule has 5 heteroatoms. The Morgan fingerprint density at radius 1 is 0.946 bits per heavy atom. The Morgan fingerprint density at radius 2 is 1.70 bits per heavy atom. The number of nitrogens with zero attached hydrogens (tertiary/aromatic N) is 2. The first-order chi connectivity index (χ1) is 18.0. The molecule has 2 heterocycles. The van der Waals surface area contributed by atoms with Crippen LogP contribution in [0.2, 0.25) is 0 Å². The van der Waals surface area contributed by atoms with Crippen molar-refractivity contribution in [1.29, 1.82) is 0 Å². The van der Waals surface area contributed by atoms with Gasteiger partial charge in [-0.2, -0.15) is 0 Å². The van der Waals surface area contributed by atoms with Crippen molar-refractivity contribution in [3.05, 3.63) is 92.7 Å². The smallest absolute Gasteiger partial charge is 0.254 e. The van der Waals surface area contributed by atoms with Gasteiger partial charge in [0.15, 0.2) is 0 Å². The first kappa shape index (κ1) is 27.1. The molecule has 0 radical (unpaired) electrons. The molecule has 0 fully saturated rings. The van der Waals surface area contributed by atoms with Gasteiger partial charge in [0, 0.05) is 23.5 Å². The maximum atomic E-state index is 13.9. The zero-order valence-corrected chi connectivity index (χ0v) is 23.4. The number of aryl methyl sites for hydroxylation is 2. The second-order valence-electron chi connectivity index (χ2n) is 10.1. The van der Waals surface area contributed by atoms with E-state index in [4.69, 9.17) is 0 Å². The van der Waals surface area contributed by atoms with Gasteiger partial charge in [0.25, 0.3) is 5.91 Å². The quantitative estimate of drug-likeness (QED) is 0.253. The fourth-order valence-corrected chi connectivity index (χ4v) is 6.15. The topological polar surface area (TPSA) is 40.6 Å². The van der Waals surface area contributed by atoms with Gasteiger partial charge >= 0.3 is 0 Å². The van der Waals surface area contributed by atoms with Crippen LogP contribution in [0.1, 0.15) is 89.5 Å². The Balaban J connectivity index is 1.54. The minimum Gasteiger partial charge on any atom is -0.330 e. The predicted octanol–water partition coefficient (Wildman–Crippen LogP) is 7.21. The lowest BCUT2D eigenvalue weighted by Gasteiger charge is -2.38. The molecule has 1 aliphatic heterocycles. The summed E-state index contributed by atoms with van der Waals surface area (Å²) in [6, 6.07) is 18.4. The number of fused-ring (bicyclic) bond motifs is 1. The van der Waals surface area contributed by atoms with E-state index >= 15 is 0 Å². The third-order valence-corrected chi connectivity index (χ3v) is 8.43. The molecule has 4 nitrogen and oxygen atoms in total. The van der Waals surface area contributed by atoms with Gasteiger partial charge in [-0.15, -0.1) is 11.3 Å². The first-order valence-corrected chi connectivity index (χ1v) is 14.7. The summed E-state index contributed by atoms with van der Waals surface area (Å²) in [6.45, 7) is 7.81. The fraction of sp³-hybridized carbons (Fsp3) is 0.438. The predicted molar refractivity (Wildman–Crippen MR) is 153 cm³/mol. The molecule has 3 aromatic rings. The summed E-state index contributed by atoms with van der Waals surface area (Å²) in [6.07, 6.45) is 7.35. The molecule has 0 saturated heterocycles. The Kier molecular flexibility index (Phi) is 9.56. The Hall–Kier alpha value is -2.92. The lowest BCUT2D eigenvalue weighted by atomic mass is 9.90. The fourth-order valence-electron chi connectivity index (χ4n) is 5.25. The summed E-state index contributed by atoms with van der Waals surface area (Å²) < 4.78 is 0. The second kappa shape index (κ2) is 13.0. The van der Waals surface area contributed by atoms with Gasteiger partial charge in [-0.3, -0.25) is 9.59 Å². The number of amides is 2. The summed E-state index contributed by atoms with van der Waals surface area (Å²) in [5.41, 5.74) is 5.51. The summed E-state index contributed by atoms with van der Waals surface area (Å²) >= 11 is 1.78. The van der Waals surface area contributed by atoms with Gasteiger partial charge in [-0.1, -0.05) is 69.5 Å². The van der Waals surface area contributed by atoms with E-state index in [-0.39, 0.29) is 24.4 Å². The van der Waals surface area contributed by atoms with E-state index in [0.29, 0.717) is 18.7 Å². The van der Waals surface area contributed by atoms with Crippen molar-refractivity contribution in [3.8, 4) is 0 Å². The molecule has 0 unspecified atom stereocenters. The average Bonchev–Trinajstić information content (AvgIpc) is 3.40. The number of unbranched alkanes of at least 4 members (excludes halogenated alkanes) is 3. The SMILES string of the molecule is CCCCCc1ccc(C(=O)N(CCCC)CC(=O)N2CCc3sccc3[C@H]2c2ccccc2C)cc1. The summed E-state index contributed by atoms with van der Waals surface area (Å²) in [5.74, 6) is -0.0340. The molecule has 0 saturated carbocycles. The molecule has 0 aliphatic carbocycles. The van der Waals surface area contributed by atoms with Crippen LogP contribution in [0.5, 0.6) is 0 Å². The van der Waals surface area contributed by atoms with E-state index in [0.717, 1.165) is 25.7 Å². The van der Waals surface area contributed by atoms with Gasteiger partial charge in [0.2, 0.25) is 5.91 Å².